The highest BCUT2D eigenvalue weighted by atomic mass is 16.5. The van der Waals surface area contributed by atoms with Gasteiger partial charge in [0.2, 0.25) is 0 Å². The van der Waals surface area contributed by atoms with Crippen molar-refractivity contribution < 1.29 is 14.9 Å². The van der Waals surface area contributed by atoms with Crippen molar-refractivity contribution in [3.05, 3.63) is 6.61 Å². The fourth-order valence-electron chi connectivity index (χ4n) is 0.685. The van der Waals surface area contributed by atoms with E-state index in [4.69, 9.17) is 14.9 Å². The maximum absolute atomic E-state index is 8.87. The van der Waals surface area contributed by atoms with E-state index in [1.165, 1.54) is 6.61 Å². The van der Waals surface area contributed by atoms with Crippen LogP contribution < -0.4 is 0 Å². The van der Waals surface area contributed by atoms with E-state index in [2.05, 4.69) is 0 Å². The molecule has 47 valence electrons. The van der Waals surface area contributed by atoms with Gasteiger partial charge in [-0.3, -0.25) is 0 Å². The van der Waals surface area contributed by atoms with Crippen LogP contribution in [-0.2, 0) is 4.74 Å². The molecule has 2 N–H and O–H groups in total. The molecule has 3 heteroatoms. The van der Waals surface area contributed by atoms with E-state index in [0.29, 0.717) is 6.42 Å². The van der Waals surface area contributed by atoms with Crippen LogP contribution in [0.2, 0.25) is 0 Å². The second-order valence-electron chi connectivity index (χ2n) is 1.83. The number of aliphatic hydroxyl groups excluding tert-OH is 2. The summed E-state index contributed by atoms with van der Waals surface area (Å²) in [5, 5.41) is 17.3. The molecule has 1 aliphatic heterocycles. The standard InChI is InChI=1S/C5H9O3/c6-3-5-4(7)1-2-8-5/h2,4-7H,1,3H2/t4-,5+/m0/s1. The van der Waals surface area contributed by atoms with Crippen molar-refractivity contribution >= 4 is 0 Å². The fraction of sp³-hybridized carbons (Fsp3) is 0.800. The van der Waals surface area contributed by atoms with Crippen molar-refractivity contribution in [1.82, 2.24) is 0 Å². The summed E-state index contributed by atoms with van der Waals surface area (Å²) in [4.78, 5) is 0. The maximum atomic E-state index is 8.87. The highest BCUT2D eigenvalue weighted by Gasteiger charge is 2.25. The molecule has 1 fully saturated rings. The van der Waals surface area contributed by atoms with Crippen molar-refractivity contribution in [2.75, 3.05) is 6.61 Å². The average Bonchev–Trinajstić information content (AvgIpc) is 2.14. The molecule has 1 radical (unpaired) electrons. The van der Waals surface area contributed by atoms with Gasteiger partial charge >= 0.3 is 0 Å². The Labute approximate surface area is 47.9 Å². The van der Waals surface area contributed by atoms with Crippen molar-refractivity contribution in [3.8, 4) is 0 Å². The molecule has 1 rings (SSSR count). The van der Waals surface area contributed by atoms with Crippen LogP contribution in [0.25, 0.3) is 0 Å². The maximum Gasteiger partial charge on any atom is 0.107 e. The number of rotatable bonds is 1. The first-order chi connectivity index (χ1) is 3.84. The smallest absolute Gasteiger partial charge is 0.107 e. The summed E-state index contributed by atoms with van der Waals surface area (Å²) >= 11 is 0. The summed E-state index contributed by atoms with van der Waals surface area (Å²) in [5.41, 5.74) is 0. The summed E-state index contributed by atoms with van der Waals surface area (Å²) in [7, 11) is 0. The van der Waals surface area contributed by atoms with Gasteiger partial charge in [0, 0.05) is 6.42 Å². The Balaban J connectivity index is 2.30. The number of hydrogen-bond acceptors (Lipinski definition) is 3. The van der Waals surface area contributed by atoms with Crippen LogP contribution in [0.5, 0.6) is 0 Å². The van der Waals surface area contributed by atoms with Crippen molar-refractivity contribution in [2.24, 2.45) is 0 Å². The summed E-state index contributed by atoms with van der Waals surface area (Å²) < 4.78 is 4.79. The van der Waals surface area contributed by atoms with Gasteiger partial charge in [0.25, 0.3) is 0 Å². The molecule has 0 amide bonds. The third-order valence-corrected chi connectivity index (χ3v) is 1.22. The van der Waals surface area contributed by atoms with Crippen LogP contribution in [0.1, 0.15) is 6.42 Å². The molecular formula is C5H9O3. The lowest BCUT2D eigenvalue weighted by atomic mass is 10.2. The van der Waals surface area contributed by atoms with E-state index >= 15 is 0 Å². The second kappa shape index (κ2) is 2.44. The molecule has 2 atom stereocenters. The molecule has 0 saturated carbocycles. The van der Waals surface area contributed by atoms with Crippen LogP contribution in [0.4, 0.5) is 0 Å². The highest BCUT2D eigenvalue weighted by Crippen LogP contribution is 2.15. The predicted octanol–water partition coefficient (Wildman–Crippen LogP) is -0.710. The van der Waals surface area contributed by atoms with Gasteiger partial charge in [-0.05, 0) is 0 Å². The molecule has 0 spiro atoms. The first-order valence-corrected chi connectivity index (χ1v) is 2.60. The molecule has 0 bridgehead atoms. The number of aliphatic hydroxyl groups is 2. The van der Waals surface area contributed by atoms with Crippen LogP contribution >= 0.6 is 0 Å². The molecule has 1 aliphatic rings. The lowest BCUT2D eigenvalue weighted by molar-refractivity contribution is 0.0169. The van der Waals surface area contributed by atoms with Crippen LogP contribution in [0, 0.1) is 6.61 Å². The Morgan fingerprint density at radius 2 is 2.50 bits per heavy atom. The molecule has 8 heavy (non-hydrogen) atoms. The van der Waals surface area contributed by atoms with Gasteiger partial charge in [-0.15, -0.1) is 0 Å². The van der Waals surface area contributed by atoms with Gasteiger partial charge in [-0.1, -0.05) is 0 Å². The minimum Gasteiger partial charge on any atom is -0.394 e. The lowest BCUT2D eigenvalue weighted by Crippen LogP contribution is -2.24. The minimum absolute atomic E-state index is 0.0995. The first kappa shape index (κ1) is 6.01. The minimum atomic E-state index is -0.500. The third kappa shape index (κ3) is 0.992. The quantitative estimate of drug-likeness (QED) is 0.477. The third-order valence-electron chi connectivity index (χ3n) is 1.22. The largest absolute Gasteiger partial charge is 0.394 e. The average molecular weight is 117 g/mol. The zero-order chi connectivity index (χ0) is 5.98. The molecule has 0 aliphatic carbocycles. The van der Waals surface area contributed by atoms with E-state index < -0.39 is 6.10 Å². The van der Waals surface area contributed by atoms with E-state index in [0.717, 1.165) is 0 Å². The Morgan fingerprint density at radius 3 is 2.75 bits per heavy atom. The SMILES string of the molecule is OC[C@H]1O[CH]C[C@@H]1O. The van der Waals surface area contributed by atoms with Gasteiger partial charge in [0.05, 0.1) is 19.3 Å². The Hall–Kier alpha value is -0.120. The molecule has 0 aromatic rings. The van der Waals surface area contributed by atoms with E-state index in [9.17, 15) is 0 Å². The Bertz CT molecular complexity index is 74.1. The number of hydrogen-bond donors (Lipinski definition) is 2. The zero-order valence-corrected chi connectivity index (χ0v) is 4.45. The summed E-state index contributed by atoms with van der Waals surface area (Å²) in [6.07, 6.45) is -0.347. The fourth-order valence-corrected chi connectivity index (χ4v) is 0.685. The van der Waals surface area contributed by atoms with Crippen molar-refractivity contribution in [2.45, 2.75) is 18.6 Å². The van der Waals surface area contributed by atoms with Gasteiger partial charge in [-0.2, -0.15) is 0 Å². The molecule has 1 saturated heterocycles. The molecule has 3 nitrogen and oxygen atoms in total. The lowest BCUT2D eigenvalue weighted by Gasteiger charge is -2.07. The van der Waals surface area contributed by atoms with Gasteiger partial charge < -0.3 is 14.9 Å². The van der Waals surface area contributed by atoms with Crippen LogP contribution in [0.15, 0.2) is 0 Å². The van der Waals surface area contributed by atoms with Gasteiger partial charge in [-0.25, -0.2) is 0 Å². The number of ether oxygens (including phenoxy) is 1. The normalized spacial score (nSPS) is 38.2. The molecule has 1 heterocycles. The van der Waals surface area contributed by atoms with Crippen molar-refractivity contribution in [1.29, 1.82) is 0 Å². The van der Waals surface area contributed by atoms with E-state index in [1.807, 2.05) is 0 Å². The zero-order valence-electron chi connectivity index (χ0n) is 4.45. The molecule has 0 aromatic heterocycles. The topological polar surface area (TPSA) is 49.7 Å². The summed E-state index contributed by atoms with van der Waals surface area (Å²) in [6.45, 7) is 1.42. The monoisotopic (exact) mass is 117 g/mol. The van der Waals surface area contributed by atoms with Gasteiger partial charge in [0.15, 0.2) is 0 Å². The molecule has 0 aromatic carbocycles. The second-order valence-corrected chi connectivity index (χ2v) is 1.83. The summed E-state index contributed by atoms with van der Waals surface area (Å²) in [5.74, 6) is 0. The van der Waals surface area contributed by atoms with Gasteiger partial charge in [0.1, 0.15) is 6.10 Å². The predicted molar refractivity (Wildman–Crippen MR) is 26.9 cm³/mol. The Morgan fingerprint density at radius 1 is 1.75 bits per heavy atom. The van der Waals surface area contributed by atoms with E-state index in [-0.39, 0.29) is 12.7 Å². The highest BCUT2D eigenvalue weighted by molar-refractivity contribution is 4.79. The molecular weight excluding hydrogens is 108 g/mol. The van der Waals surface area contributed by atoms with Crippen molar-refractivity contribution in [3.63, 3.8) is 0 Å². The Kier molecular flexibility index (Phi) is 1.83. The van der Waals surface area contributed by atoms with E-state index in [1.54, 1.807) is 0 Å². The van der Waals surface area contributed by atoms with Crippen LogP contribution in [-0.4, -0.2) is 29.0 Å². The molecule has 0 unspecified atom stereocenters. The van der Waals surface area contributed by atoms with Crippen LogP contribution in [0.3, 0.4) is 0 Å². The summed E-state index contributed by atoms with van der Waals surface area (Å²) in [6, 6.07) is 0. The first-order valence-electron chi connectivity index (χ1n) is 2.60.